The third-order valence-electron chi connectivity index (χ3n) is 5.05. The van der Waals surface area contributed by atoms with Crippen molar-refractivity contribution >= 4 is 11.8 Å². The highest BCUT2D eigenvalue weighted by molar-refractivity contribution is 5.92. The number of hydrogen-bond donors (Lipinski definition) is 1. The van der Waals surface area contributed by atoms with Crippen LogP contribution in [-0.4, -0.2) is 33.8 Å². The van der Waals surface area contributed by atoms with Crippen LogP contribution in [-0.2, 0) is 11.3 Å². The van der Waals surface area contributed by atoms with Crippen LogP contribution in [0.4, 0.5) is 0 Å². The fraction of sp³-hybridized carbons (Fsp3) is 0.750. The highest BCUT2D eigenvalue weighted by Crippen LogP contribution is 2.29. The lowest BCUT2D eigenvalue weighted by atomic mass is 10.1. The van der Waals surface area contributed by atoms with E-state index in [1.54, 1.807) is 0 Å². The molecule has 0 aliphatic heterocycles. The van der Waals surface area contributed by atoms with E-state index in [2.05, 4.69) is 17.2 Å². The van der Waals surface area contributed by atoms with E-state index in [1.807, 2.05) is 4.90 Å². The minimum atomic E-state index is -0.182. The number of rotatable bonds is 12. The maximum Gasteiger partial charge on any atom is 0.273 e. The van der Waals surface area contributed by atoms with Gasteiger partial charge in [-0.15, -0.1) is 0 Å². The van der Waals surface area contributed by atoms with Gasteiger partial charge in [0.2, 0.25) is 11.8 Å². The van der Waals surface area contributed by atoms with Gasteiger partial charge in [0.15, 0.2) is 5.69 Å². The van der Waals surface area contributed by atoms with Crippen LogP contribution in [0.5, 0.6) is 0 Å². The van der Waals surface area contributed by atoms with Gasteiger partial charge in [0.25, 0.3) is 5.91 Å². The second-order valence-corrected chi connectivity index (χ2v) is 7.64. The molecule has 6 nitrogen and oxygen atoms in total. The highest BCUT2D eigenvalue weighted by Gasteiger charge is 2.33. The first kappa shape index (κ1) is 18.9. The van der Waals surface area contributed by atoms with Gasteiger partial charge in [0.05, 0.1) is 6.54 Å². The molecule has 0 bridgehead atoms. The lowest BCUT2D eigenvalue weighted by Crippen LogP contribution is -2.32. The lowest BCUT2D eigenvalue weighted by Gasteiger charge is -2.20. The third-order valence-corrected chi connectivity index (χ3v) is 5.05. The number of carbonyl (C=O) groups is 2. The van der Waals surface area contributed by atoms with Gasteiger partial charge in [-0.2, -0.15) is 0 Å². The van der Waals surface area contributed by atoms with E-state index in [4.69, 9.17) is 4.42 Å². The zero-order valence-electron chi connectivity index (χ0n) is 15.8. The Balaban J connectivity index is 1.45. The lowest BCUT2D eigenvalue weighted by molar-refractivity contribution is -0.132. The number of amides is 2. The van der Waals surface area contributed by atoms with Crippen molar-refractivity contribution in [1.29, 1.82) is 0 Å². The Morgan fingerprint density at radius 3 is 2.58 bits per heavy atom. The second kappa shape index (κ2) is 9.19. The van der Waals surface area contributed by atoms with Gasteiger partial charge in [-0.25, -0.2) is 4.98 Å². The van der Waals surface area contributed by atoms with Crippen molar-refractivity contribution in [3.05, 3.63) is 17.8 Å². The summed E-state index contributed by atoms with van der Waals surface area (Å²) < 4.78 is 5.45. The predicted molar refractivity (Wildman–Crippen MR) is 98.6 cm³/mol. The Bertz CT molecular complexity index is 605. The molecular formula is C20H31N3O3. The van der Waals surface area contributed by atoms with E-state index >= 15 is 0 Å². The van der Waals surface area contributed by atoms with E-state index in [1.165, 1.54) is 31.9 Å². The highest BCUT2D eigenvalue weighted by atomic mass is 16.3. The van der Waals surface area contributed by atoms with Crippen molar-refractivity contribution in [3.8, 4) is 0 Å². The van der Waals surface area contributed by atoms with Crippen LogP contribution in [0.15, 0.2) is 10.7 Å². The molecule has 3 rings (SSSR count). The summed E-state index contributed by atoms with van der Waals surface area (Å²) in [5.41, 5.74) is 0.311. The smallest absolute Gasteiger partial charge is 0.273 e. The SMILES string of the molecule is CCCCCCCCC(=O)N(Cc1nc(C(=O)NC2CC2)co1)C1CC1. The topological polar surface area (TPSA) is 75.4 Å². The van der Waals surface area contributed by atoms with Crippen molar-refractivity contribution in [2.24, 2.45) is 0 Å². The molecule has 1 heterocycles. The maximum absolute atomic E-state index is 12.6. The normalized spacial score (nSPS) is 16.5. The first-order chi connectivity index (χ1) is 12.7. The fourth-order valence-corrected chi connectivity index (χ4v) is 3.13. The van der Waals surface area contributed by atoms with Gasteiger partial charge in [-0.3, -0.25) is 9.59 Å². The fourth-order valence-electron chi connectivity index (χ4n) is 3.13. The molecule has 144 valence electrons. The van der Waals surface area contributed by atoms with Gasteiger partial charge in [-0.05, 0) is 32.1 Å². The van der Waals surface area contributed by atoms with Crippen molar-refractivity contribution in [3.63, 3.8) is 0 Å². The Morgan fingerprint density at radius 1 is 1.15 bits per heavy atom. The summed E-state index contributed by atoms with van der Waals surface area (Å²) in [4.78, 5) is 30.8. The van der Waals surface area contributed by atoms with Gasteiger partial charge >= 0.3 is 0 Å². The summed E-state index contributed by atoms with van der Waals surface area (Å²) in [6, 6.07) is 0.614. The Kier molecular flexibility index (Phi) is 6.69. The Morgan fingerprint density at radius 2 is 1.88 bits per heavy atom. The van der Waals surface area contributed by atoms with Crippen LogP contribution in [0.1, 0.15) is 93.9 Å². The molecule has 1 aromatic heterocycles. The monoisotopic (exact) mass is 361 g/mol. The number of oxazole rings is 1. The average molecular weight is 361 g/mol. The van der Waals surface area contributed by atoms with Crippen LogP contribution >= 0.6 is 0 Å². The van der Waals surface area contributed by atoms with E-state index in [-0.39, 0.29) is 11.8 Å². The standard InChI is InChI=1S/C20H31N3O3/c1-2-3-4-5-6-7-8-19(24)23(16-11-12-16)13-18-22-17(14-26-18)20(25)21-15-9-10-15/h14-16H,2-13H2,1H3,(H,21,25). The van der Waals surface area contributed by atoms with Crippen molar-refractivity contribution in [2.45, 2.75) is 96.2 Å². The van der Waals surface area contributed by atoms with Crippen LogP contribution < -0.4 is 5.32 Å². The van der Waals surface area contributed by atoms with E-state index in [0.29, 0.717) is 36.6 Å². The molecule has 0 unspecified atom stereocenters. The van der Waals surface area contributed by atoms with Gasteiger partial charge in [-0.1, -0.05) is 39.0 Å². The van der Waals surface area contributed by atoms with Crippen molar-refractivity contribution in [1.82, 2.24) is 15.2 Å². The molecule has 2 fully saturated rings. The number of unbranched alkanes of at least 4 members (excludes halogenated alkanes) is 5. The summed E-state index contributed by atoms with van der Waals surface area (Å²) in [5, 5.41) is 2.90. The molecule has 26 heavy (non-hydrogen) atoms. The predicted octanol–water partition coefficient (Wildman–Crippen LogP) is 3.81. The summed E-state index contributed by atoms with van der Waals surface area (Å²) in [6.07, 6.45) is 13.3. The van der Waals surface area contributed by atoms with Crippen LogP contribution in [0.25, 0.3) is 0 Å². The van der Waals surface area contributed by atoms with Crippen LogP contribution in [0, 0.1) is 0 Å². The average Bonchev–Trinajstić information content (AvgIpc) is 3.56. The van der Waals surface area contributed by atoms with Crippen LogP contribution in [0.3, 0.4) is 0 Å². The molecule has 0 radical (unpaired) electrons. The Labute approximate surface area is 155 Å². The number of hydrogen-bond acceptors (Lipinski definition) is 4. The summed E-state index contributed by atoms with van der Waals surface area (Å²) in [7, 11) is 0. The molecular weight excluding hydrogens is 330 g/mol. The molecule has 1 aromatic rings. The maximum atomic E-state index is 12.6. The number of carbonyl (C=O) groups excluding carboxylic acids is 2. The zero-order chi connectivity index (χ0) is 18.4. The minimum absolute atomic E-state index is 0.182. The molecule has 6 heteroatoms. The summed E-state index contributed by atoms with van der Waals surface area (Å²) >= 11 is 0. The van der Waals surface area contributed by atoms with E-state index in [0.717, 1.165) is 38.5 Å². The molecule has 0 saturated heterocycles. The summed E-state index contributed by atoms with van der Waals surface area (Å²) in [5.74, 6) is 0.457. The van der Waals surface area contributed by atoms with Crippen LogP contribution in [0.2, 0.25) is 0 Å². The Hall–Kier alpha value is -1.85. The number of aromatic nitrogens is 1. The quantitative estimate of drug-likeness (QED) is 0.575. The molecule has 0 aromatic carbocycles. The molecule has 2 aliphatic carbocycles. The van der Waals surface area contributed by atoms with Gasteiger partial charge in [0, 0.05) is 18.5 Å². The first-order valence-corrected chi connectivity index (χ1v) is 10.2. The van der Waals surface area contributed by atoms with Crippen molar-refractivity contribution in [2.75, 3.05) is 0 Å². The molecule has 0 spiro atoms. The van der Waals surface area contributed by atoms with E-state index in [9.17, 15) is 9.59 Å². The molecule has 0 atom stereocenters. The summed E-state index contributed by atoms with van der Waals surface area (Å²) in [6.45, 7) is 2.58. The number of nitrogens with zero attached hydrogens (tertiary/aromatic N) is 2. The van der Waals surface area contributed by atoms with Crippen molar-refractivity contribution < 1.29 is 14.0 Å². The first-order valence-electron chi connectivity index (χ1n) is 10.2. The van der Waals surface area contributed by atoms with Gasteiger partial charge in [0.1, 0.15) is 6.26 Å². The zero-order valence-corrected chi connectivity index (χ0v) is 15.8. The second-order valence-electron chi connectivity index (χ2n) is 7.64. The molecule has 2 aliphatic rings. The molecule has 2 saturated carbocycles. The minimum Gasteiger partial charge on any atom is -0.446 e. The third kappa shape index (κ3) is 5.85. The molecule has 2 amide bonds. The van der Waals surface area contributed by atoms with E-state index < -0.39 is 0 Å². The van der Waals surface area contributed by atoms with Gasteiger partial charge < -0.3 is 14.6 Å². The molecule has 1 N–H and O–H groups in total. The number of nitrogens with one attached hydrogen (secondary N) is 1. The largest absolute Gasteiger partial charge is 0.446 e.